The summed E-state index contributed by atoms with van der Waals surface area (Å²) in [6.45, 7) is 10.2. The fourth-order valence-electron chi connectivity index (χ4n) is 1.57. The maximum absolute atomic E-state index is 11.5. The Hall–Kier alpha value is -1.25. The summed E-state index contributed by atoms with van der Waals surface area (Å²) < 4.78 is 10.4. The molecule has 0 fully saturated rings. The van der Waals surface area contributed by atoms with E-state index in [0.29, 0.717) is 12.2 Å². The van der Waals surface area contributed by atoms with Gasteiger partial charge in [0.05, 0.1) is 6.61 Å². The first-order valence-corrected chi connectivity index (χ1v) is 5.13. The molecule has 3 heteroatoms. The molecule has 0 N–H and O–H groups in total. The topological polar surface area (TPSA) is 39.4 Å². The van der Waals surface area contributed by atoms with E-state index in [9.17, 15) is 4.79 Å². The first kappa shape index (κ1) is 11.8. The van der Waals surface area contributed by atoms with Crippen LogP contribution in [0.3, 0.4) is 0 Å². The van der Waals surface area contributed by atoms with E-state index in [2.05, 4.69) is 0 Å². The minimum Gasteiger partial charge on any atom is -0.468 e. The van der Waals surface area contributed by atoms with Gasteiger partial charge in [-0.2, -0.15) is 0 Å². The molecule has 1 aromatic heterocycles. The Balaban J connectivity index is 3.04. The van der Waals surface area contributed by atoms with Gasteiger partial charge in [0, 0.05) is 11.0 Å². The SMILES string of the molecule is CCOC(=O)c1coc(C(C)(C)C)c1C. The number of furan rings is 1. The fourth-order valence-corrected chi connectivity index (χ4v) is 1.57. The van der Waals surface area contributed by atoms with Crippen LogP contribution in [0, 0.1) is 6.92 Å². The van der Waals surface area contributed by atoms with Gasteiger partial charge in [-0.1, -0.05) is 20.8 Å². The van der Waals surface area contributed by atoms with Crippen molar-refractivity contribution in [2.45, 2.75) is 40.0 Å². The molecule has 0 amide bonds. The lowest BCUT2D eigenvalue weighted by molar-refractivity contribution is 0.0525. The second-order valence-electron chi connectivity index (χ2n) is 4.57. The number of carbonyl (C=O) groups is 1. The highest BCUT2D eigenvalue weighted by molar-refractivity contribution is 5.91. The summed E-state index contributed by atoms with van der Waals surface area (Å²) in [6, 6.07) is 0. The maximum Gasteiger partial charge on any atom is 0.341 e. The van der Waals surface area contributed by atoms with Crippen molar-refractivity contribution < 1.29 is 13.9 Å². The lowest BCUT2D eigenvalue weighted by atomic mass is 9.90. The highest BCUT2D eigenvalue weighted by atomic mass is 16.5. The quantitative estimate of drug-likeness (QED) is 0.704. The van der Waals surface area contributed by atoms with E-state index in [4.69, 9.17) is 9.15 Å². The van der Waals surface area contributed by atoms with Crippen molar-refractivity contribution in [3.8, 4) is 0 Å². The van der Waals surface area contributed by atoms with E-state index in [1.54, 1.807) is 6.92 Å². The zero-order valence-electron chi connectivity index (χ0n) is 10.0. The van der Waals surface area contributed by atoms with Crippen LogP contribution in [-0.2, 0) is 10.2 Å². The van der Waals surface area contributed by atoms with E-state index in [1.807, 2.05) is 27.7 Å². The molecule has 0 atom stereocenters. The summed E-state index contributed by atoms with van der Waals surface area (Å²) in [5, 5.41) is 0. The first-order chi connectivity index (χ1) is 6.88. The second-order valence-corrected chi connectivity index (χ2v) is 4.57. The Morgan fingerprint density at radius 2 is 2.07 bits per heavy atom. The summed E-state index contributed by atoms with van der Waals surface area (Å²) in [6.07, 6.45) is 1.48. The zero-order valence-corrected chi connectivity index (χ0v) is 10.0. The molecule has 0 saturated carbocycles. The van der Waals surface area contributed by atoms with Gasteiger partial charge in [0.2, 0.25) is 0 Å². The third-order valence-corrected chi connectivity index (χ3v) is 2.22. The molecule has 0 aliphatic heterocycles. The van der Waals surface area contributed by atoms with Crippen LogP contribution >= 0.6 is 0 Å². The van der Waals surface area contributed by atoms with Crippen molar-refractivity contribution >= 4 is 5.97 Å². The van der Waals surface area contributed by atoms with Crippen LogP contribution < -0.4 is 0 Å². The molecular weight excluding hydrogens is 192 g/mol. The minimum absolute atomic E-state index is 0.0885. The Bertz CT molecular complexity index is 355. The van der Waals surface area contributed by atoms with Crippen LogP contribution in [0.5, 0.6) is 0 Å². The van der Waals surface area contributed by atoms with Gasteiger partial charge in [0.25, 0.3) is 0 Å². The normalized spacial score (nSPS) is 11.5. The van der Waals surface area contributed by atoms with Crippen molar-refractivity contribution in [3.63, 3.8) is 0 Å². The van der Waals surface area contributed by atoms with E-state index in [-0.39, 0.29) is 11.4 Å². The predicted octanol–water partition coefficient (Wildman–Crippen LogP) is 3.06. The van der Waals surface area contributed by atoms with Gasteiger partial charge in [-0.3, -0.25) is 0 Å². The molecule has 0 aromatic carbocycles. The number of ether oxygens (including phenoxy) is 1. The Labute approximate surface area is 90.4 Å². The van der Waals surface area contributed by atoms with Crippen molar-refractivity contribution in [2.24, 2.45) is 0 Å². The van der Waals surface area contributed by atoms with Gasteiger partial charge in [-0.25, -0.2) is 4.79 Å². The maximum atomic E-state index is 11.5. The predicted molar refractivity (Wildman–Crippen MR) is 58.1 cm³/mol. The molecule has 84 valence electrons. The Morgan fingerprint density at radius 1 is 1.47 bits per heavy atom. The summed E-state index contributed by atoms with van der Waals surface area (Å²) >= 11 is 0. The largest absolute Gasteiger partial charge is 0.468 e. The molecule has 0 aliphatic rings. The third kappa shape index (κ3) is 2.41. The minimum atomic E-state index is -0.311. The average Bonchev–Trinajstić information content (AvgIpc) is 2.46. The highest BCUT2D eigenvalue weighted by Crippen LogP contribution is 2.29. The molecule has 0 spiro atoms. The van der Waals surface area contributed by atoms with E-state index >= 15 is 0 Å². The molecule has 0 saturated heterocycles. The lowest BCUT2D eigenvalue weighted by Crippen LogP contribution is -2.12. The number of rotatable bonds is 2. The number of carbonyl (C=O) groups excluding carboxylic acids is 1. The number of hydrogen-bond acceptors (Lipinski definition) is 3. The molecule has 0 radical (unpaired) electrons. The Kier molecular flexibility index (Phi) is 3.22. The van der Waals surface area contributed by atoms with Gasteiger partial charge < -0.3 is 9.15 Å². The lowest BCUT2D eigenvalue weighted by Gasteiger charge is -2.16. The van der Waals surface area contributed by atoms with E-state index in [0.717, 1.165) is 11.3 Å². The molecule has 0 bridgehead atoms. The van der Waals surface area contributed by atoms with Crippen LogP contribution in [0.2, 0.25) is 0 Å². The summed E-state index contributed by atoms with van der Waals surface area (Å²) in [5.74, 6) is 0.528. The monoisotopic (exact) mass is 210 g/mol. The van der Waals surface area contributed by atoms with Crippen molar-refractivity contribution in [1.82, 2.24) is 0 Å². The standard InChI is InChI=1S/C12H18O3/c1-6-14-11(13)9-7-15-10(8(9)2)12(3,4)5/h7H,6H2,1-5H3. The molecule has 1 aromatic rings. The van der Waals surface area contributed by atoms with Crippen molar-refractivity contribution in [3.05, 3.63) is 23.2 Å². The fraction of sp³-hybridized carbons (Fsp3) is 0.583. The van der Waals surface area contributed by atoms with Crippen LogP contribution in [0.1, 0.15) is 49.4 Å². The van der Waals surface area contributed by atoms with Crippen molar-refractivity contribution in [2.75, 3.05) is 6.61 Å². The van der Waals surface area contributed by atoms with Gasteiger partial charge in [-0.15, -0.1) is 0 Å². The van der Waals surface area contributed by atoms with E-state index < -0.39 is 0 Å². The van der Waals surface area contributed by atoms with Gasteiger partial charge >= 0.3 is 5.97 Å². The molecular formula is C12H18O3. The zero-order chi connectivity index (χ0) is 11.6. The van der Waals surface area contributed by atoms with Gasteiger partial charge in [0.15, 0.2) is 0 Å². The highest BCUT2D eigenvalue weighted by Gasteiger charge is 2.25. The van der Waals surface area contributed by atoms with Crippen LogP contribution in [0.15, 0.2) is 10.7 Å². The van der Waals surface area contributed by atoms with Crippen LogP contribution in [0.25, 0.3) is 0 Å². The summed E-state index contributed by atoms with van der Waals surface area (Å²) in [4.78, 5) is 11.5. The molecule has 1 heterocycles. The van der Waals surface area contributed by atoms with Crippen molar-refractivity contribution in [1.29, 1.82) is 0 Å². The average molecular weight is 210 g/mol. The number of esters is 1. The summed E-state index contributed by atoms with van der Waals surface area (Å²) in [7, 11) is 0. The van der Waals surface area contributed by atoms with Gasteiger partial charge in [0.1, 0.15) is 17.6 Å². The van der Waals surface area contributed by atoms with Crippen LogP contribution in [0.4, 0.5) is 0 Å². The first-order valence-electron chi connectivity index (χ1n) is 5.13. The molecule has 15 heavy (non-hydrogen) atoms. The molecule has 3 nitrogen and oxygen atoms in total. The van der Waals surface area contributed by atoms with Crippen LogP contribution in [-0.4, -0.2) is 12.6 Å². The number of hydrogen-bond donors (Lipinski definition) is 0. The molecule has 0 unspecified atom stereocenters. The van der Waals surface area contributed by atoms with Gasteiger partial charge in [-0.05, 0) is 13.8 Å². The Morgan fingerprint density at radius 3 is 2.47 bits per heavy atom. The third-order valence-electron chi connectivity index (χ3n) is 2.22. The summed E-state index contributed by atoms with van der Waals surface area (Å²) in [5.41, 5.74) is 1.32. The van der Waals surface area contributed by atoms with E-state index in [1.165, 1.54) is 6.26 Å². The molecule has 0 aliphatic carbocycles. The smallest absolute Gasteiger partial charge is 0.341 e. The second kappa shape index (κ2) is 4.09. The molecule has 1 rings (SSSR count).